The first-order valence-electron chi connectivity index (χ1n) is 8.04. The van der Waals surface area contributed by atoms with E-state index >= 15 is 0 Å². The van der Waals surface area contributed by atoms with Gasteiger partial charge >= 0.3 is 0 Å². The fourth-order valence-corrected chi connectivity index (χ4v) is 2.89. The Bertz CT molecular complexity index is 997. The predicted octanol–water partition coefficient (Wildman–Crippen LogP) is 4.12. The molecule has 6 heteroatoms. The van der Waals surface area contributed by atoms with Crippen LogP contribution in [0.2, 0.25) is 5.15 Å². The molecule has 0 unspecified atom stereocenters. The summed E-state index contributed by atoms with van der Waals surface area (Å²) in [6, 6.07) is 19.9. The SMILES string of the molecule is Clc1cc(-n2cnc3ccccc32)nc(NCCc2ccccc2)n1. The Balaban J connectivity index is 1.56. The topological polar surface area (TPSA) is 55.6 Å². The zero-order valence-electron chi connectivity index (χ0n) is 13.4. The van der Waals surface area contributed by atoms with Crippen molar-refractivity contribution in [2.75, 3.05) is 11.9 Å². The van der Waals surface area contributed by atoms with Crippen LogP contribution in [-0.2, 0) is 6.42 Å². The summed E-state index contributed by atoms with van der Waals surface area (Å²) in [7, 11) is 0. The second-order valence-electron chi connectivity index (χ2n) is 5.64. The minimum Gasteiger partial charge on any atom is -0.354 e. The van der Waals surface area contributed by atoms with Crippen LogP contribution in [0.4, 0.5) is 5.95 Å². The van der Waals surface area contributed by atoms with Crippen molar-refractivity contribution in [1.29, 1.82) is 0 Å². The summed E-state index contributed by atoms with van der Waals surface area (Å²) in [6.07, 6.45) is 2.64. The molecule has 0 saturated carbocycles. The highest BCUT2D eigenvalue weighted by atomic mass is 35.5. The first kappa shape index (κ1) is 15.6. The van der Waals surface area contributed by atoms with Gasteiger partial charge in [0.25, 0.3) is 0 Å². The minimum absolute atomic E-state index is 0.394. The molecular formula is C19H16ClN5. The molecule has 5 nitrogen and oxygen atoms in total. The number of rotatable bonds is 5. The highest BCUT2D eigenvalue weighted by Crippen LogP contribution is 2.19. The van der Waals surface area contributed by atoms with Gasteiger partial charge in [0.1, 0.15) is 17.3 Å². The lowest BCUT2D eigenvalue weighted by Gasteiger charge is -2.09. The van der Waals surface area contributed by atoms with Crippen LogP contribution < -0.4 is 5.32 Å². The number of para-hydroxylation sites is 2. The van der Waals surface area contributed by atoms with Gasteiger partial charge in [0.05, 0.1) is 11.0 Å². The zero-order chi connectivity index (χ0) is 17.1. The Morgan fingerprint density at radius 2 is 1.76 bits per heavy atom. The number of imidazole rings is 1. The van der Waals surface area contributed by atoms with Crippen molar-refractivity contribution in [1.82, 2.24) is 19.5 Å². The summed E-state index contributed by atoms with van der Waals surface area (Å²) in [5, 5.41) is 3.64. The summed E-state index contributed by atoms with van der Waals surface area (Å²) in [5.74, 6) is 1.20. The van der Waals surface area contributed by atoms with Crippen LogP contribution in [0.1, 0.15) is 5.56 Å². The standard InChI is InChI=1S/C19H16ClN5/c20-17-12-18(25-13-22-15-8-4-5-9-16(15)25)24-19(23-17)21-11-10-14-6-2-1-3-7-14/h1-9,12-13H,10-11H2,(H,21,23,24). The molecule has 0 atom stereocenters. The van der Waals surface area contributed by atoms with E-state index in [0.29, 0.717) is 16.9 Å². The summed E-state index contributed by atoms with van der Waals surface area (Å²) in [4.78, 5) is 13.2. The molecule has 0 radical (unpaired) electrons. The Hall–Kier alpha value is -2.92. The predicted molar refractivity (Wildman–Crippen MR) is 100 cm³/mol. The molecule has 0 bridgehead atoms. The molecule has 124 valence electrons. The maximum Gasteiger partial charge on any atom is 0.226 e. The van der Waals surface area contributed by atoms with Crippen LogP contribution in [-0.4, -0.2) is 26.1 Å². The highest BCUT2D eigenvalue weighted by Gasteiger charge is 2.08. The molecule has 0 aliphatic rings. The third-order valence-corrected chi connectivity index (χ3v) is 4.11. The molecular weight excluding hydrogens is 334 g/mol. The number of hydrogen-bond acceptors (Lipinski definition) is 4. The lowest BCUT2D eigenvalue weighted by Crippen LogP contribution is -2.09. The van der Waals surface area contributed by atoms with Crippen LogP contribution in [0, 0.1) is 0 Å². The van der Waals surface area contributed by atoms with E-state index in [0.717, 1.165) is 24.0 Å². The Morgan fingerprint density at radius 3 is 2.64 bits per heavy atom. The van der Waals surface area contributed by atoms with E-state index in [2.05, 4.69) is 32.4 Å². The number of hydrogen-bond donors (Lipinski definition) is 1. The number of benzene rings is 2. The molecule has 2 aromatic carbocycles. The molecule has 2 heterocycles. The Kier molecular flexibility index (Phi) is 4.31. The molecule has 0 saturated heterocycles. The molecule has 2 aromatic heterocycles. The van der Waals surface area contributed by atoms with Gasteiger partial charge in [-0.15, -0.1) is 0 Å². The molecule has 0 fully saturated rings. The largest absolute Gasteiger partial charge is 0.354 e. The average molecular weight is 350 g/mol. The van der Waals surface area contributed by atoms with Gasteiger partial charge in [0, 0.05) is 12.6 Å². The van der Waals surface area contributed by atoms with Gasteiger partial charge in [-0.2, -0.15) is 4.98 Å². The smallest absolute Gasteiger partial charge is 0.226 e. The third kappa shape index (κ3) is 3.46. The Morgan fingerprint density at radius 1 is 0.960 bits per heavy atom. The van der Waals surface area contributed by atoms with Crippen molar-refractivity contribution < 1.29 is 0 Å². The van der Waals surface area contributed by atoms with E-state index in [1.165, 1.54) is 5.56 Å². The molecule has 1 N–H and O–H groups in total. The number of fused-ring (bicyclic) bond motifs is 1. The Labute approximate surface area is 150 Å². The van der Waals surface area contributed by atoms with Gasteiger partial charge in [-0.25, -0.2) is 9.97 Å². The number of anilines is 1. The average Bonchev–Trinajstić information content (AvgIpc) is 3.06. The van der Waals surface area contributed by atoms with Gasteiger partial charge < -0.3 is 5.32 Å². The normalized spacial score (nSPS) is 10.9. The van der Waals surface area contributed by atoms with Crippen molar-refractivity contribution in [3.63, 3.8) is 0 Å². The summed E-state index contributed by atoms with van der Waals surface area (Å²) >= 11 is 6.19. The van der Waals surface area contributed by atoms with Gasteiger partial charge in [0.2, 0.25) is 5.95 Å². The lowest BCUT2D eigenvalue weighted by atomic mass is 10.1. The van der Waals surface area contributed by atoms with Gasteiger partial charge in [-0.1, -0.05) is 54.1 Å². The monoisotopic (exact) mass is 349 g/mol. The van der Waals surface area contributed by atoms with Crippen molar-refractivity contribution in [3.05, 3.63) is 77.7 Å². The fraction of sp³-hybridized carbons (Fsp3) is 0.105. The minimum atomic E-state index is 0.394. The molecule has 25 heavy (non-hydrogen) atoms. The van der Waals surface area contributed by atoms with Crippen LogP contribution in [0.25, 0.3) is 16.9 Å². The first-order chi connectivity index (χ1) is 12.3. The quantitative estimate of drug-likeness (QED) is 0.550. The van der Waals surface area contributed by atoms with Crippen LogP contribution >= 0.6 is 11.6 Å². The van der Waals surface area contributed by atoms with Gasteiger partial charge in [-0.05, 0) is 24.1 Å². The number of nitrogens with zero attached hydrogens (tertiary/aromatic N) is 4. The third-order valence-electron chi connectivity index (χ3n) is 3.92. The molecule has 0 spiro atoms. The number of nitrogens with one attached hydrogen (secondary N) is 1. The number of aromatic nitrogens is 4. The van der Waals surface area contributed by atoms with Crippen molar-refractivity contribution >= 4 is 28.6 Å². The fourth-order valence-electron chi connectivity index (χ4n) is 2.71. The maximum atomic E-state index is 6.19. The van der Waals surface area contributed by atoms with Crippen LogP contribution in [0.15, 0.2) is 67.0 Å². The highest BCUT2D eigenvalue weighted by molar-refractivity contribution is 6.29. The summed E-state index contributed by atoms with van der Waals surface area (Å²) in [6.45, 7) is 0.731. The molecule has 0 amide bonds. The van der Waals surface area contributed by atoms with E-state index in [9.17, 15) is 0 Å². The van der Waals surface area contributed by atoms with Crippen LogP contribution in [0.5, 0.6) is 0 Å². The molecule has 4 rings (SSSR count). The van der Waals surface area contributed by atoms with E-state index < -0.39 is 0 Å². The van der Waals surface area contributed by atoms with E-state index in [4.69, 9.17) is 11.6 Å². The zero-order valence-corrected chi connectivity index (χ0v) is 14.2. The second-order valence-corrected chi connectivity index (χ2v) is 6.03. The summed E-state index contributed by atoms with van der Waals surface area (Å²) in [5.41, 5.74) is 3.15. The molecule has 0 aliphatic carbocycles. The lowest BCUT2D eigenvalue weighted by molar-refractivity contribution is 0.954. The van der Waals surface area contributed by atoms with Gasteiger partial charge in [0.15, 0.2) is 0 Å². The maximum absolute atomic E-state index is 6.19. The van der Waals surface area contributed by atoms with Crippen LogP contribution in [0.3, 0.4) is 0 Å². The van der Waals surface area contributed by atoms with E-state index in [1.807, 2.05) is 47.0 Å². The van der Waals surface area contributed by atoms with Gasteiger partial charge in [-0.3, -0.25) is 4.57 Å². The molecule has 4 aromatic rings. The molecule has 0 aliphatic heterocycles. The second kappa shape index (κ2) is 6.91. The first-order valence-corrected chi connectivity index (χ1v) is 8.42. The number of halogens is 1. The van der Waals surface area contributed by atoms with E-state index in [-0.39, 0.29) is 0 Å². The van der Waals surface area contributed by atoms with Crippen molar-refractivity contribution in [2.24, 2.45) is 0 Å². The van der Waals surface area contributed by atoms with Crippen molar-refractivity contribution in [3.8, 4) is 5.82 Å². The van der Waals surface area contributed by atoms with Crippen molar-refractivity contribution in [2.45, 2.75) is 6.42 Å². The van der Waals surface area contributed by atoms with E-state index in [1.54, 1.807) is 12.4 Å². The summed E-state index contributed by atoms with van der Waals surface area (Å²) < 4.78 is 1.91.